The zero-order valence-corrected chi connectivity index (χ0v) is 11.0. The number of aliphatic hydroxyl groups is 1. The molecule has 1 unspecified atom stereocenters. The second-order valence-corrected chi connectivity index (χ2v) is 4.41. The Labute approximate surface area is 114 Å². The van der Waals surface area contributed by atoms with Gasteiger partial charge in [-0.15, -0.1) is 0 Å². The third-order valence-electron chi connectivity index (χ3n) is 3.07. The summed E-state index contributed by atoms with van der Waals surface area (Å²) in [5, 5.41) is 10.1. The lowest BCUT2D eigenvalue weighted by molar-refractivity contribution is 0.208. The Morgan fingerprint density at radius 1 is 1.05 bits per heavy atom. The Kier molecular flexibility index (Phi) is 3.99. The van der Waals surface area contributed by atoms with Crippen LogP contribution in [0.1, 0.15) is 22.8 Å². The van der Waals surface area contributed by atoms with Gasteiger partial charge in [0.15, 0.2) is 0 Å². The molecule has 0 saturated heterocycles. The Balaban J connectivity index is 2.49. The first-order chi connectivity index (χ1) is 9.43. The Bertz CT molecular complexity index is 618. The van der Waals surface area contributed by atoms with E-state index in [-0.39, 0.29) is 5.56 Å². The van der Waals surface area contributed by atoms with E-state index >= 15 is 0 Å². The summed E-state index contributed by atoms with van der Waals surface area (Å²) in [6, 6.07) is 5.75. The second kappa shape index (κ2) is 5.54. The fraction of sp³-hybridized carbons (Fsp3) is 0.200. The molecule has 0 aliphatic carbocycles. The van der Waals surface area contributed by atoms with Crippen molar-refractivity contribution in [2.75, 3.05) is 7.11 Å². The van der Waals surface area contributed by atoms with Crippen LogP contribution in [0, 0.1) is 24.4 Å². The normalized spacial score (nSPS) is 12.3. The van der Waals surface area contributed by atoms with Gasteiger partial charge in [0, 0.05) is 12.1 Å². The van der Waals surface area contributed by atoms with Crippen molar-refractivity contribution in [2.24, 2.45) is 0 Å². The number of rotatable bonds is 3. The van der Waals surface area contributed by atoms with E-state index in [0.29, 0.717) is 17.9 Å². The number of hydrogen-bond donors (Lipinski definition) is 1. The number of aryl methyl sites for hydroxylation is 1. The zero-order valence-electron chi connectivity index (χ0n) is 11.0. The highest BCUT2D eigenvalue weighted by molar-refractivity contribution is 5.41. The fourth-order valence-electron chi connectivity index (χ4n) is 1.99. The van der Waals surface area contributed by atoms with Crippen LogP contribution >= 0.6 is 0 Å². The van der Waals surface area contributed by atoms with Gasteiger partial charge in [-0.05, 0) is 24.1 Å². The molecule has 0 bridgehead atoms. The minimum Gasteiger partial charge on any atom is -0.496 e. The molecule has 5 heteroatoms. The van der Waals surface area contributed by atoms with Crippen LogP contribution in [-0.2, 0) is 0 Å². The van der Waals surface area contributed by atoms with Crippen molar-refractivity contribution in [1.82, 2.24) is 0 Å². The molecule has 2 aromatic carbocycles. The lowest BCUT2D eigenvalue weighted by Crippen LogP contribution is -2.07. The average molecular weight is 282 g/mol. The second-order valence-electron chi connectivity index (χ2n) is 4.41. The molecule has 0 radical (unpaired) electrons. The molecule has 0 fully saturated rings. The van der Waals surface area contributed by atoms with Gasteiger partial charge in [0.2, 0.25) is 0 Å². The van der Waals surface area contributed by atoms with E-state index in [1.807, 2.05) is 0 Å². The monoisotopic (exact) mass is 282 g/mol. The van der Waals surface area contributed by atoms with Gasteiger partial charge < -0.3 is 9.84 Å². The number of halogens is 3. The first kappa shape index (κ1) is 14.4. The van der Waals surface area contributed by atoms with Crippen LogP contribution in [0.3, 0.4) is 0 Å². The summed E-state index contributed by atoms with van der Waals surface area (Å²) >= 11 is 0. The van der Waals surface area contributed by atoms with Gasteiger partial charge in [0.1, 0.15) is 29.3 Å². The molecule has 20 heavy (non-hydrogen) atoms. The first-order valence-electron chi connectivity index (χ1n) is 5.91. The predicted molar refractivity (Wildman–Crippen MR) is 68.1 cm³/mol. The van der Waals surface area contributed by atoms with Crippen LogP contribution in [-0.4, -0.2) is 12.2 Å². The molecule has 106 valence electrons. The molecule has 2 aromatic rings. The quantitative estimate of drug-likeness (QED) is 0.933. The van der Waals surface area contributed by atoms with Crippen molar-refractivity contribution >= 4 is 0 Å². The van der Waals surface area contributed by atoms with E-state index in [1.165, 1.54) is 19.2 Å². The minimum absolute atomic E-state index is 0.261. The van der Waals surface area contributed by atoms with E-state index in [4.69, 9.17) is 4.74 Å². The summed E-state index contributed by atoms with van der Waals surface area (Å²) in [5.74, 6) is -2.80. The highest BCUT2D eigenvalue weighted by Crippen LogP contribution is 2.30. The summed E-state index contributed by atoms with van der Waals surface area (Å²) in [4.78, 5) is 0. The van der Waals surface area contributed by atoms with Crippen molar-refractivity contribution < 1.29 is 23.0 Å². The van der Waals surface area contributed by atoms with Gasteiger partial charge in [0.25, 0.3) is 0 Å². The largest absolute Gasteiger partial charge is 0.496 e. The van der Waals surface area contributed by atoms with Crippen LogP contribution in [0.15, 0.2) is 30.3 Å². The third-order valence-corrected chi connectivity index (χ3v) is 3.07. The van der Waals surface area contributed by atoms with E-state index in [1.54, 1.807) is 13.0 Å². The van der Waals surface area contributed by atoms with Crippen LogP contribution in [0.2, 0.25) is 0 Å². The average Bonchev–Trinajstić information content (AvgIpc) is 2.37. The van der Waals surface area contributed by atoms with Crippen LogP contribution in [0.4, 0.5) is 13.2 Å². The Morgan fingerprint density at radius 3 is 2.20 bits per heavy atom. The van der Waals surface area contributed by atoms with Gasteiger partial charge in [0.05, 0.1) is 12.7 Å². The molecule has 0 aliphatic heterocycles. The van der Waals surface area contributed by atoms with Crippen molar-refractivity contribution in [3.05, 3.63) is 64.5 Å². The number of aliphatic hydroxyl groups excluding tert-OH is 1. The molecule has 1 N–H and O–H groups in total. The molecule has 1 atom stereocenters. The highest BCUT2D eigenvalue weighted by atomic mass is 19.1. The number of hydrogen-bond acceptors (Lipinski definition) is 2. The summed E-state index contributed by atoms with van der Waals surface area (Å²) in [6.07, 6.45) is -1.54. The molecule has 0 saturated carbocycles. The van der Waals surface area contributed by atoms with Gasteiger partial charge in [-0.2, -0.15) is 0 Å². The minimum atomic E-state index is -1.54. The predicted octanol–water partition coefficient (Wildman–Crippen LogP) is 3.50. The molecule has 0 amide bonds. The van der Waals surface area contributed by atoms with Crippen molar-refractivity contribution in [3.8, 4) is 5.75 Å². The summed E-state index contributed by atoms with van der Waals surface area (Å²) in [7, 11) is 1.46. The molecule has 0 heterocycles. The molecular formula is C15H13F3O2. The zero-order chi connectivity index (χ0) is 14.9. The van der Waals surface area contributed by atoms with E-state index in [0.717, 1.165) is 5.56 Å². The maximum atomic E-state index is 13.6. The Hall–Kier alpha value is -2.01. The lowest BCUT2D eigenvalue weighted by atomic mass is 9.99. The van der Waals surface area contributed by atoms with Crippen molar-refractivity contribution in [3.63, 3.8) is 0 Å². The molecule has 2 nitrogen and oxygen atoms in total. The van der Waals surface area contributed by atoms with Gasteiger partial charge in [-0.25, -0.2) is 13.2 Å². The summed E-state index contributed by atoms with van der Waals surface area (Å²) < 4.78 is 45.2. The molecule has 0 aromatic heterocycles. The SMILES string of the molecule is COc1cc(C(O)c2c(F)cc(F)cc2F)ccc1C. The highest BCUT2D eigenvalue weighted by Gasteiger charge is 2.21. The number of ether oxygens (including phenoxy) is 1. The van der Waals surface area contributed by atoms with E-state index < -0.39 is 29.1 Å². The maximum Gasteiger partial charge on any atom is 0.135 e. The van der Waals surface area contributed by atoms with Gasteiger partial charge >= 0.3 is 0 Å². The molecule has 0 spiro atoms. The van der Waals surface area contributed by atoms with Crippen molar-refractivity contribution in [1.29, 1.82) is 0 Å². The summed E-state index contributed by atoms with van der Waals surface area (Å²) in [5.41, 5.74) is 0.498. The van der Waals surface area contributed by atoms with E-state index in [2.05, 4.69) is 0 Å². The summed E-state index contributed by atoms with van der Waals surface area (Å²) in [6.45, 7) is 1.80. The smallest absolute Gasteiger partial charge is 0.135 e. The number of benzene rings is 2. The van der Waals surface area contributed by atoms with Crippen LogP contribution < -0.4 is 4.74 Å². The van der Waals surface area contributed by atoms with Crippen molar-refractivity contribution in [2.45, 2.75) is 13.0 Å². The first-order valence-corrected chi connectivity index (χ1v) is 5.91. The molecule has 0 aliphatic rings. The third kappa shape index (κ3) is 2.63. The fourth-order valence-corrected chi connectivity index (χ4v) is 1.99. The maximum absolute atomic E-state index is 13.6. The molecular weight excluding hydrogens is 269 g/mol. The van der Waals surface area contributed by atoms with Gasteiger partial charge in [-0.3, -0.25) is 0 Å². The number of methoxy groups -OCH3 is 1. The molecule has 2 rings (SSSR count). The standard InChI is InChI=1S/C15H13F3O2/c1-8-3-4-9(5-13(8)20-2)15(19)14-11(17)6-10(16)7-12(14)18/h3-7,15,19H,1-2H3. The van der Waals surface area contributed by atoms with Gasteiger partial charge in [-0.1, -0.05) is 12.1 Å². The van der Waals surface area contributed by atoms with Crippen LogP contribution in [0.25, 0.3) is 0 Å². The van der Waals surface area contributed by atoms with Crippen LogP contribution in [0.5, 0.6) is 5.75 Å². The lowest BCUT2D eigenvalue weighted by Gasteiger charge is -2.15. The topological polar surface area (TPSA) is 29.5 Å². The Morgan fingerprint density at radius 2 is 1.65 bits per heavy atom. The van der Waals surface area contributed by atoms with E-state index in [9.17, 15) is 18.3 Å².